The van der Waals surface area contributed by atoms with E-state index in [0.717, 1.165) is 10.7 Å². The maximum Gasteiger partial charge on any atom is 0.435 e. The fourth-order valence-electron chi connectivity index (χ4n) is 1.39. The summed E-state index contributed by atoms with van der Waals surface area (Å²) in [6, 6.07) is 4.26. The summed E-state index contributed by atoms with van der Waals surface area (Å²) >= 11 is 0. The van der Waals surface area contributed by atoms with Gasteiger partial charge in [-0.1, -0.05) is 6.07 Å². The van der Waals surface area contributed by atoms with Crippen molar-refractivity contribution in [2.45, 2.75) is 12.7 Å². The summed E-state index contributed by atoms with van der Waals surface area (Å²) in [7, 11) is 0. The second-order valence-electron chi connectivity index (χ2n) is 3.33. The maximum atomic E-state index is 12.4. The Balaban J connectivity index is 2.44. The lowest BCUT2D eigenvalue weighted by Crippen LogP contribution is -2.10. The van der Waals surface area contributed by atoms with E-state index in [4.69, 9.17) is 5.73 Å². The maximum absolute atomic E-state index is 12.4. The van der Waals surface area contributed by atoms with Crippen LogP contribution in [0, 0.1) is 0 Å². The summed E-state index contributed by atoms with van der Waals surface area (Å²) in [5.74, 6) is 0.311. The van der Waals surface area contributed by atoms with Crippen molar-refractivity contribution in [2.24, 2.45) is 5.73 Å². The van der Waals surface area contributed by atoms with Crippen LogP contribution in [0.1, 0.15) is 11.3 Å². The highest BCUT2D eigenvalue weighted by atomic mass is 19.4. The highest BCUT2D eigenvalue weighted by Gasteiger charge is 2.33. The van der Waals surface area contributed by atoms with Crippen LogP contribution in [0.2, 0.25) is 0 Å². The monoisotopic (exact) mass is 242 g/mol. The number of pyridine rings is 1. The first kappa shape index (κ1) is 11.6. The molecule has 0 atom stereocenters. The largest absolute Gasteiger partial charge is 0.435 e. The SMILES string of the molecule is NCc1cccnc1-n1ccc(C(F)(F)F)n1. The minimum atomic E-state index is -4.46. The molecule has 2 aromatic heterocycles. The van der Waals surface area contributed by atoms with Crippen LogP contribution in [0.5, 0.6) is 0 Å². The van der Waals surface area contributed by atoms with Gasteiger partial charge >= 0.3 is 6.18 Å². The van der Waals surface area contributed by atoms with Crippen molar-refractivity contribution in [1.29, 1.82) is 0 Å². The van der Waals surface area contributed by atoms with Crippen molar-refractivity contribution < 1.29 is 13.2 Å². The van der Waals surface area contributed by atoms with Crippen molar-refractivity contribution in [3.63, 3.8) is 0 Å². The topological polar surface area (TPSA) is 56.7 Å². The molecule has 90 valence electrons. The number of halogens is 3. The first-order chi connectivity index (χ1) is 8.02. The zero-order valence-electron chi connectivity index (χ0n) is 8.65. The lowest BCUT2D eigenvalue weighted by atomic mass is 10.2. The molecular weight excluding hydrogens is 233 g/mol. The Bertz CT molecular complexity index is 518. The third-order valence-electron chi connectivity index (χ3n) is 2.18. The van der Waals surface area contributed by atoms with E-state index in [9.17, 15) is 13.2 Å². The van der Waals surface area contributed by atoms with E-state index in [-0.39, 0.29) is 6.54 Å². The molecule has 7 heteroatoms. The van der Waals surface area contributed by atoms with Crippen LogP contribution in [0.15, 0.2) is 30.6 Å². The van der Waals surface area contributed by atoms with E-state index in [1.54, 1.807) is 12.1 Å². The van der Waals surface area contributed by atoms with Gasteiger partial charge in [0.2, 0.25) is 0 Å². The lowest BCUT2D eigenvalue weighted by Gasteiger charge is -2.06. The van der Waals surface area contributed by atoms with Crippen LogP contribution in [0.3, 0.4) is 0 Å². The predicted octanol–water partition coefficient (Wildman–Crippen LogP) is 1.74. The molecule has 0 aromatic carbocycles. The summed E-state index contributed by atoms with van der Waals surface area (Å²) in [5.41, 5.74) is 5.15. The van der Waals surface area contributed by atoms with E-state index in [2.05, 4.69) is 10.1 Å². The Labute approximate surface area is 94.9 Å². The summed E-state index contributed by atoms with van der Waals surface area (Å²) in [4.78, 5) is 3.97. The third kappa shape index (κ3) is 2.28. The first-order valence-electron chi connectivity index (χ1n) is 4.79. The second kappa shape index (κ2) is 4.17. The molecule has 0 fully saturated rings. The fraction of sp³-hybridized carbons (Fsp3) is 0.200. The summed E-state index contributed by atoms with van der Waals surface area (Å²) in [6.07, 6.45) is -1.77. The molecule has 0 aliphatic heterocycles. The molecule has 0 amide bonds. The molecule has 2 aromatic rings. The van der Waals surface area contributed by atoms with Crippen molar-refractivity contribution in [2.75, 3.05) is 0 Å². The van der Waals surface area contributed by atoms with Crippen LogP contribution in [0.25, 0.3) is 5.82 Å². The number of nitrogens with zero attached hydrogens (tertiary/aromatic N) is 3. The highest BCUT2D eigenvalue weighted by Crippen LogP contribution is 2.27. The Morgan fingerprint density at radius 2 is 2.06 bits per heavy atom. The summed E-state index contributed by atoms with van der Waals surface area (Å²) in [5, 5.41) is 3.43. The fourth-order valence-corrected chi connectivity index (χ4v) is 1.39. The number of rotatable bonds is 2. The molecular formula is C10H9F3N4. The molecule has 4 nitrogen and oxygen atoms in total. The van der Waals surface area contributed by atoms with E-state index in [1.165, 1.54) is 12.4 Å². The van der Waals surface area contributed by atoms with E-state index >= 15 is 0 Å². The van der Waals surface area contributed by atoms with E-state index in [0.29, 0.717) is 11.4 Å². The first-order valence-corrected chi connectivity index (χ1v) is 4.79. The van der Waals surface area contributed by atoms with Gasteiger partial charge in [-0.05, 0) is 12.1 Å². The van der Waals surface area contributed by atoms with Gasteiger partial charge < -0.3 is 5.73 Å². The molecule has 0 aliphatic rings. The molecule has 0 saturated heterocycles. The molecule has 0 unspecified atom stereocenters. The van der Waals surface area contributed by atoms with Gasteiger partial charge in [0.25, 0.3) is 0 Å². The quantitative estimate of drug-likeness (QED) is 0.872. The van der Waals surface area contributed by atoms with Crippen molar-refractivity contribution in [3.05, 3.63) is 41.9 Å². The number of nitrogens with two attached hydrogens (primary N) is 1. The van der Waals surface area contributed by atoms with Gasteiger partial charge in [-0.25, -0.2) is 9.67 Å². The molecule has 2 rings (SSSR count). The summed E-state index contributed by atoms with van der Waals surface area (Å²) in [6.45, 7) is 0.185. The molecule has 17 heavy (non-hydrogen) atoms. The van der Waals surface area contributed by atoms with Gasteiger partial charge in [-0.3, -0.25) is 0 Å². The van der Waals surface area contributed by atoms with Gasteiger partial charge in [0.05, 0.1) is 0 Å². The normalized spacial score (nSPS) is 11.8. The molecule has 0 aliphatic carbocycles. The van der Waals surface area contributed by atoms with Crippen molar-refractivity contribution >= 4 is 0 Å². The van der Waals surface area contributed by atoms with Crippen LogP contribution < -0.4 is 5.73 Å². The Kier molecular flexibility index (Phi) is 2.84. The average molecular weight is 242 g/mol. The second-order valence-corrected chi connectivity index (χ2v) is 3.33. The van der Waals surface area contributed by atoms with Crippen molar-refractivity contribution in [1.82, 2.24) is 14.8 Å². The number of aromatic nitrogens is 3. The Hall–Kier alpha value is -1.89. The van der Waals surface area contributed by atoms with E-state index < -0.39 is 11.9 Å². The Morgan fingerprint density at radius 1 is 1.29 bits per heavy atom. The van der Waals surface area contributed by atoms with Crippen LogP contribution in [-0.4, -0.2) is 14.8 Å². The minimum absolute atomic E-state index is 0.185. The van der Waals surface area contributed by atoms with Gasteiger partial charge in [0.1, 0.15) is 0 Å². The number of hydrogen-bond donors (Lipinski definition) is 1. The number of alkyl halides is 3. The van der Waals surface area contributed by atoms with Gasteiger partial charge in [-0.2, -0.15) is 18.3 Å². The zero-order chi connectivity index (χ0) is 12.5. The molecule has 0 bridgehead atoms. The molecule has 2 N–H and O–H groups in total. The predicted molar refractivity (Wildman–Crippen MR) is 54.3 cm³/mol. The number of hydrogen-bond acceptors (Lipinski definition) is 3. The van der Waals surface area contributed by atoms with Gasteiger partial charge in [-0.15, -0.1) is 0 Å². The van der Waals surface area contributed by atoms with Crippen molar-refractivity contribution in [3.8, 4) is 5.82 Å². The van der Waals surface area contributed by atoms with Gasteiger partial charge in [0, 0.05) is 24.5 Å². The van der Waals surface area contributed by atoms with Crippen LogP contribution in [0.4, 0.5) is 13.2 Å². The summed E-state index contributed by atoms with van der Waals surface area (Å²) < 4.78 is 38.2. The van der Waals surface area contributed by atoms with Crippen LogP contribution in [-0.2, 0) is 12.7 Å². The highest BCUT2D eigenvalue weighted by molar-refractivity contribution is 5.32. The van der Waals surface area contributed by atoms with Gasteiger partial charge in [0.15, 0.2) is 11.5 Å². The lowest BCUT2D eigenvalue weighted by molar-refractivity contribution is -0.141. The van der Waals surface area contributed by atoms with E-state index in [1.807, 2.05) is 0 Å². The van der Waals surface area contributed by atoms with Crippen LogP contribution >= 0.6 is 0 Å². The Morgan fingerprint density at radius 3 is 2.65 bits per heavy atom. The third-order valence-corrected chi connectivity index (χ3v) is 2.18. The average Bonchev–Trinajstić information content (AvgIpc) is 2.77. The molecule has 0 spiro atoms. The zero-order valence-corrected chi connectivity index (χ0v) is 8.65. The molecule has 0 radical (unpaired) electrons. The minimum Gasteiger partial charge on any atom is -0.326 e. The smallest absolute Gasteiger partial charge is 0.326 e. The standard InChI is InChI=1S/C10H9F3N4/c11-10(12,13)8-3-5-17(16-8)9-7(6-14)2-1-4-15-9/h1-5H,6,14H2. The molecule has 0 saturated carbocycles. The molecule has 2 heterocycles.